The van der Waals surface area contributed by atoms with E-state index in [9.17, 15) is 28.2 Å². The summed E-state index contributed by atoms with van der Waals surface area (Å²) < 4.78 is 42.6. The van der Waals surface area contributed by atoms with E-state index in [2.05, 4.69) is 15.3 Å². The Labute approximate surface area is 189 Å². The second-order valence-electron chi connectivity index (χ2n) is 7.07. The van der Waals surface area contributed by atoms with Gasteiger partial charge in [-0.05, 0) is 36.4 Å². The Bertz CT molecular complexity index is 1410. The highest BCUT2D eigenvalue weighted by atomic mass is 35.5. The first-order valence-electron chi connectivity index (χ1n) is 9.65. The lowest BCUT2D eigenvalue weighted by atomic mass is 10.1. The summed E-state index contributed by atoms with van der Waals surface area (Å²) in [6.45, 7) is -0.919. The van der Waals surface area contributed by atoms with Crippen LogP contribution in [-0.2, 0) is 0 Å². The molecular weight excluding hydrogens is 461 g/mol. The van der Waals surface area contributed by atoms with Crippen LogP contribution in [-0.4, -0.2) is 44.0 Å². The second-order valence-corrected chi connectivity index (χ2v) is 7.47. The zero-order valence-corrected chi connectivity index (χ0v) is 17.5. The zero-order chi connectivity index (χ0) is 23.7. The second kappa shape index (κ2) is 9.18. The number of aliphatic hydroxyl groups excluding tert-OH is 2. The molecule has 0 fully saturated rings. The van der Waals surface area contributed by atoms with Crippen molar-refractivity contribution >= 4 is 28.6 Å². The number of rotatable bonds is 6. The Morgan fingerprint density at radius 3 is 2.33 bits per heavy atom. The van der Waals surface area contributed by atoms with Gasteiger partial charge < -0.3 is 15.5 Å². The molecule has 4 aromatic rings. The molecule has 0 atom stereocenters. The van der Waals surface area contributed by atoms with Gasteiger partial charge in [0.15, 0.2) is 5.65 Å². The number of halogens is 4. The number of aliphatic hydroxyl groups is 2. The molecule has 0 aliphatic carbocycles. The maximum Gasteiger partial charge on any atom is 0.256 e. The average molecular weight is 477 g/mol. The molecule has 3 N–H and O–H groups in total. The Morgan fingerprint density at radius 1 is 0.970 bits per heavy atom. The molecule has 170 valence electrons. The van der Waals surface area contributed by atoms with Crippen LogP contribution in [0, 0.1) is 17.5 Å². The summed E-state index contributed by atoms with van der Waals surface area (Å²) in [5, 5.41) is 21.9. The molecule has 11 heteroatoms. The third kappa shape index (κ3) is 4.40. The van der Waals surface area contributed by atoms with Gasteiger partial charge in [0.2, 0.25) is 5.95 Å². The summed E-state index contributed by atoms with van der Waals surface area (Å²) in [6.07, 6.45) is 0. The first-order valence-corrected chi connectivity index (χ1v) is 10.0. The number of hydrogen-bond donors (Lipinski definition) is 3. The lowest BCUT2D eigenvalue weighted by Crippen LogP contribution is -2.29. The quantitative estimate of drug-likeness (QED) is 0.395. The lowest BCUT2D eigenvalue weighted by molar-refractivity contribution is 0.203. The summed E-state index contributed by atoms with van der Waals surface area (Å²) >= 11 is 6.24. The van der Waals surface area contributed by atoms with Crippen LogP contribution in [0.5, 0.6) is 0 Å². The molecule has 0 amide bonds. The molecule has 0 saturated heterocycles. The van der Waals surface area contributed by atoms with Crippen LogP contribution in [0.15, 0.2) is 53.3 Å². The minimum absolute atomic E-state index is 0.0209. The van der Waals surface area contributed by atoms with Crippen molar-refractivity contribution in [2.75, 3.05) is 18.5 Å². The molecule has 33 heavy (non-hydrogen) atoms. The Hall–Kier alpha value is -3.47. The van der Waals surface area contributed by atoms with Crippen molar-refractivity contribution in [2.45, 2.75) is 6.04 Å². The highest BCUT2D eigenvalue weighted by Crippen LogP contribution is 2.33. The Morgan fingerprint density at radius 2 is 1.67 bits per heavy atom. The number of hydrogen-bond acceptors (Lipinski definition) is 6. The first-order chi connectivity index (χ1) is 15.8. The Balaban J connectivity index is 2.08. The molecule has 0 saturated carbocycles. The number of nitrogens with one attached hydrogen (secondary N) is 1. The summed E-state index contributed by atoms with van der Waals surface area (Å²) in [5.41, 5.74) is -0.500. The van der Waals surface area contributed by atoms with Crippen molar-refractivity contribution in [3.8, 4) is 16.9 Å². The average Bonchev–Trinajstić information content (AvgIpc) is 2.78. The highest BCUT2D eigenvalue weighted by Gasteiger charge is 2.20. The van der Waals surface area contributed by atoms with Crippen molar-refractivity contribution < 1.29 is 23.4 Å². The molecule has 0 aliphatic rings. The summed E-state index contributed by atoms with van der Waals surface area (Å²) in [4.78, 5) is 21.4. The Kier molecular flexibility index (Phi) is 6.32. The number of pyridine rings is 1. The molecule has 0 radical (unpaired) electrons. The van der Waals surface area contributed by atoms with Crippen molar-refractivity contribution in [1.82, 2.24) is 14.5 Å². The maximum absolute atomic E-state index is 14.6. The predicted molar refractivity (Wildman–Crippen MR) is 117 cm³/mol. The minimum Gasteiger partial charge on any atom is -0.394 e. The van der Waals surface area contributed by atoms with Gasteiger partial charge in [-0.1, -0.05) is 11.6 Å². The van der Waals surface area contributed by atoms with Crippen LogP contribution >= 0.6 is 11.6 Å². The maximum atomic E-state index is 14.6. The molecular formula is C22H16ClF3N4O3. The van der Waals surface area contributed by atoms with E-state index in [1.54, 1.807) is 0 Å². The van der Waals surface area contributed by atoms with Crippen LogP contribution in [0.1, 0.15) is 0 Å². The van der Waals surface area contributed by atoms with E-state index in [1.807, 2.05) is 0 Å². The fourth-order valence-electron chi connectivity index (χ4n) is 3.29. The van der Waals surface area contributed by atoms with Gasteiger partial charge in [-0.3, -0.25) is 9.36 Å². The van der Waals surface area contributed by atoms with Crippen LogP contribution in [0.4, 0.5) is 19.1 Å². The van der Waals surface area contributed by atoms with Gasteiger partial charge in [0, 0.05) is 23.1 Å². The normalized spacial score (nSPS) is 11.4. The van der Waals surface area contributed by atoms with E-state index in [4.69, 9.17) is 11.6 Å². The van der Waals surface area contributed by atoms with Gasteiger partial charge in [0.05, 0.1) is 35.7 Å². The summed E-state index contributed by atoms with van der Waals surface area (Å²) in [5.74, 6) is -2.52. The molecule has 0 bridgehead atoms. The molecule has 2 aromatic carbocycles. The third-order valence-corrected chi connectivity index (χ3v) is 5.17. The van der Waals surface area contributed by atoms with Gasteiger partial charge >= 0.3 is 0 Å². The molecule has 0 unspecified atom stereocenters. The largest absolute Gasteiger partial charge is 0.394 e. The van der Waals surface area contributed by atoms with Crippen LogP contribution in [0.3, 0.4) is 0 Å². The fourth-order valence-corrected chi connectivity index (χ4v) is 3.55. The van der Waals surface area contributed by atoms with Crippen molar-refractivity contribution in [3.05, 3.63) is 81.4 Å². The highest BCUT2D eigenvalue weighted by molar-refractivity contribution is 6.33. The predicted octanol–water partition coefficient (Wildman–Crippen LogP) is 3.28. The van der Waals surface area contributed by atoms with Crippen LogP contribution in [0.25, 0.3) is 28.0 Å². The van der Waals surface area contributed by atoms with E-state index in [1.165, 1.54) is 18.2 Å². The molecule has 2 heterocycles. The smallest absolute Gasteiger partial charge is 0.256 e. The fraction of sp³-hybridized carbons (Fsp3) is 0.136. The van der Waals surface area contributed by atoms with E-state index in [-0.39, 0.29) is 33.4 Å². The van der Waals surface area contributed by atoms with Gasteiger partial charge in [-0.15, -0.1) is 0 Å². The van der Waals surface area contributed by atoms with Crippen LogP contribution in [0.2, 0.25) is 5.02 Å². The van der Waals surface area contributed by atoms with Crippen molar-refractivity contribution in [2.24, 2.45) is 0 Å². The molecule has 7 nitrogen and oxygen atoms in total. The molecule has 4 rings (SSSR count). The molecule has 2 aromatic heterocycles. The standard InChI is InChI=1S/C22H16ClF3N4O3/c23-16-7-11(24)1-3-14(16)20-15-4-6-19(33)30(18-5-2-12(25)8-17(18)26)21(15)29-22(28-20)27-13(9-31)10-32/h1-8,13,31-32H,9-10H2,(H,27,28,29). The van der Waals surface area contributed by atoms with Gasteiger partial charge in [-0.25, -0.2) is 18.2 Å². The SMILES string of the molecule is O=c1ccc2c(-c3ccc(F)cc3Cl)nc(NC(CO)CO)nc2n1-c1ccc(F)cc1F. The number of fused-ring (bicyclic) bond motifs is 1. The number of anilines is 1. The van der Waals surface area contributed by atoms with Gasteiger partial charge in [-0.2, -0.15) is 4.98 Å². The topological polar surface area (TPSA) is 100 Å². The van der Waals surface area contributed by atoms with Gasteiger partial charge in [0.25, 0.3) is 5.56 Å². The summed E-state index contributed by atoms with van der Waals surface area (Å²) in [6, 6.07) is 8.08. The number of nitrogens with zero attached hydrogens (tertiary/aromatic N) is 3. The molecule has 0 aliphatic heterocycles. The first kappa shape index (κ1) is 22.7. The van der Waals surface area contributed by atoms with Crippen LogP contribution < -0.4 is 10.9 Å². The van der Waals surface area contributed by atoms with E-state index < -0.39 is 42.3 Å². The zero-order valence-electron chi connectivity index (χ0n) is 16.8. The van der Waals surface area contributed by atoms with E-state index in [0.29, 0.717) is 11.6 Å². The number of benzene rings is 2. The van der Waals surface area contributed by atoms with Crippen molar-refractivity contribution in [1.29, 1.82) is 0 Å². The lowest BCUT2D eigenvalue weighted by Gasteiger charge is -2.17. The summed E-state index contributed by atoms with van der Waals surface area (Å²) in [7, 11) is 0. The van der Waals surface area contributed by atoms with E-state index in [0.717, 1.165) is 28.8 Å². The van der Waals surface area contributed by atoms with Gasteiger partial charge in [0.1, 0.15) is 17.5 Å². The third-order valence-electron chi connectivity index (χ3n) is 4.86. The number of aromatic nitrogens is 3. The monoisotopic (exact) mass is 476 g/mol. The van der Waals surface area contributed by atoms with E-state index >= 15 is 0 Å². The minimum atomic E-state index is -0.998. The molecule has 0 spiro atoms. The van der Waals surface area contributed by atoms with Crippen molar-refractivity contribution in [3.63, 3.8) is 0 Å².